The number of likely N-dealkylation sites (tertiary alicyclic amines) is 1. The Bertz CT molecular complexity index is 1380. The van der Waals surface area contributed by atoms with Crippen molar-refractivity contribution in [2.24, 2.45) is 0 Å². The second-order valence-corrected chi connectivity index (χ2v) is 11.3. The van der Waals surface area contributed by atoms with Gasteiger partial charge >= 0.3 is 17.9 Å². The van der Waals surface area contributed by atoms with E-state index in [1.165, 1.54) is 19.1 Å². The first-order chi connectivity index (χ1) is 22.7. The van der Waals surface area contributed by atoms with Gasteiger partial charge in [0.2, 0.25) is 11.8 Å². The summed E-state index contributed by atoms with van der Waals surface area (Å²) in [6, 6.07) is 12.0. The summed E-state index contributed by atoms with van der Waals surface area (Å²) in [5.41, 5.74) is 0.831. The fraction of sp³-hybridized carbons (Fsp3) is 0.500. The molecule has 2 aromatic carbocycles. The van der Waals surface area contributed by atoms with Crippen LogP contribution in [0.2, 0.25) is 0 Å². The Morgan fingerprint density at radius 1 is 0.875 bits per heavy atom. The molecule has 0 aliphatic carbocycles. The minimum absolute atomic E-state index is 0. The Morgan fingerprint density at radius 2 is 1.52 bits per heavy atom. The Hall–Kier alpha value is -4.04. The fourth-order valence-corrected chi connectivity index (χ4v) is 5.41. The average molecular weight is 690 g/mol. The van der Waals surface area contributed by atoms with Crippen molar-refractivity contribution in [1.82, 2.24) is 15.5 Å². The van der Waals surface area contributed by atoms with Gasteiger partial charge in [0.1, 0.15) is 36.3 Å². The zero-order valence-corrected chi connectivity index (χ0v) is 28.1. The minimum Gasteiger partial charge on any atom is -0.464 e. The first kappa shape index (κ1) is 38.4. The van der Waals surface area contributed by atoms with Gasteiger partial charge in [0.15, 0.2) is 0 Å². The maximum Gasteiger partial charge on any atom is 0.347 e. The highest BCUT2D eigenvalue weighted by Crippen LogP contribution is 2.22. The van der Waals surface area contributed by atoms with Crippen molar-refractivity contribution in [2.75, 3.05) is 46.0 Å². The number of ether oxygens (including phenoxy) is 5. The number of benzene rings is 2. The zero-order chi connectivity index (χ0) is 33.6. The summed E-state index contributed by atoms with van der Waals surface area (Å²) < 4.78 is 27.0. The second kappa shape index (κ2) is 19.7. The lowest BCUT2D eigenvalue weighted by Crippen LogP contribution is -2.53. The lowest BCUT2D eigenvalue weighted by Gasteiger charge is -2.34. The van der Waals surface area contributed by atoms with Crippen LogP contribution in [0.5, 0.6) is 11.5 Å². The molecule has 262 valence electrons. The largest absolute Gasteiger partial charge is 0.464 e. The van der Waals surface area contributed by atoms with Gasteiger partial charge in [0, 0.05) is 26.4 Å². The molecule has 2 saturated heterocycles. The van der Waals surface area contributed by atoms with Crippen LogP contribution in [0.15, 0.2) is 48.5 Å². The molecule has 2 fully saturated rings. The number of hydrogen-bond donors (Lipinski definition) is 2. The van der Waals surface area contributed by atoms with Crippen molar-refractivity contribution in [2.45, 2.75) is 64.2 Å². The smallest absolute Gasteiger partial charge is 0.347 e. The van der Waals surface area contributed by atoms with Crippen molar-refractivity contribution >= 4 is 42.1 Å². The first-order valence-corrected chi connectivity index (χ1v) is 16.0. The fourth-order valence-electron chi connectivity index (χ4n) is 5.41. The summed E-state index contributed by atoms with van der Waals surface area (Å²) >= 11 is 0. The van der Waals surface area contributed by atoms with Crippen molar-refractivity contribution < 1.29 is 47.7 Å². The molecule has 4 rings (SSSR count). The van der Waals surface area contributed by atoms with Gasteiger partial charge in [-0.05, 0) is 75.5 Å². The molecule has 0 spiro atoms. The molecular formula is C34H44ClN3O10. The van der Waals surface area contributed by atoms with Crippen LogP contribution in [0, 0.1) is 0 Å². The number of piperidine rings is 2. The molecule has 0 saturated carbocycles. The zero-order valence-electron chi connectivity index (χ0n) is 27.3. The average Bonchev–Trinajstić information content (AvgIpc) is 3.07. The number of rotatable bonds is 14. The number of nitrogens with one attached hydrogen (secondary N) is 2. The molecule has 0 bridgehead atoms. The Morgan fingerprint density at radius 3 is 2.19 bits per heavy atom. The van der Waals surface area contributed by atoms with E-state index in [2.05, 4.69) is 10.6 Å². The molecule has 2 heterocycles. The van der Waals surface area contributed by atoms with Crippen LogP contribution in [-0.2, 0) is 39.8 Å². The van der Waals surface area contributed by atoms with Gasteiger partial charge in [0.25, 0.3) is 0 Å². The van der Waals surface area contributed by atoms with E-state index < -0.39 is 23.9 Å². The molecule has 2 aromatic rings. The molecule has 2 N–H and O–H groups in total. The normalized spacial score (nSPS) is 15.8. The molecule has 2 aliphatic heterocycles. The van der Waals surface area contributed by atoms with Crippen LogP contribution < -0.4 is 20.1 Å². The minimum atomic E-state index is -0.861. The summed E-state index contributed by atoms with van der Waals surface area (Å²) in [7, 11) is 0. The lowest BCUT2D eigenvalue weighted by atomic mass is 10.0. The van der Waals surface area contributed by atoms with E-state index in [1.807, 2.05) is 0 Å². The molecule has 48 heavy (non-hydrogen) atoms. The van der Waals surface area contributed by atoms with E-state index in [-0.39, 0.29) is 79.7 Å². The molecule has 0 unspecified atom stereocenters. The Balaban J connectivity index is 0.00000625. The number of carbonyl (C=O) groups excluding carboxylic acids is 5. The summed E-state index contributed by atoms with van der Waals surface area (Å²) in [5.74, 6) is -1.95. The van der Waals surface area contributed by atoms with E-state index in [4.69, 9.17) is 23.7 Å². The lowest BCUT2D eigenvalue weighted by molar-refractivity contribution is -0.152. The van der Waals surface area contributed by atoms with Crippen LogP contribution in [0.25, 0.3) is 0 Å². The molecule has 0 aromatic heterocycles. The molecule has 2 aliphatic rings. The van der Waals surface area contributed by atoms with Gasteiger partial charge in [-0.25, -0.2) is 9.59 Å². The van der Waals surface area contributed by atoms with Crippen LogP contribution in [-0.4, -0.2) is 98.9 Å². The number of carbonyl (C=O) groups is 5. The summed E-state index contributed by atoms with van der Waals surface area (Å²) in [6.45, 7) is 5.46. The highest BCUT2D eigenvalue weighted by Gasteiger charge is 2.30. The molecule has 2 amide bonds. The third-order valence-electron chi connectivity index (χ3n) is 7.80. The molecule has 0 radical (unpaired) electrons. The van der Waals surface area contributed by atoms with Gasteiger partial charge < -0.3 is 39.2 Å². The predicted octanol–water partition coefficient (Wildman–Crippen LogP) is 2.62. The quantitative estimate of drug-likeness (QED) is 0.222. The number of nitrogens with zero attached hydrogens (tertiary/aromatic N) is 1. The second-order valence-electron chi connectivity index (χ2n) is 11.3. The maximum atomic E-state index is 13.7. The SMILES string of the molecule is CCOC(=O)COC1CCN(C(=O)[C@H](Cc2ccc(OC(=O)c3ccccc3OC(C)=O)cc2)NC(=O)COC2CCNCC2)CC1.Cl. The van der Waals surface area contributed by atoms with Crippen molar-refractivity contribution in [3.63, 3.8) is 0 Å². The number of para-hydroxylation sites is 1. The number of esters is 3. The molecule has 14 heteroatoms. The van der Waals surface area contributed by atoms with Gasteiger partial charge in [0.05, 0.1) is 18.8 Å². The van der Waals surface area contributed by atoms with E-state index in [0.717, 1.165) is 31.5 Å². The topological polar surface area (TPSA) is 159 Å². The summed E-state index contributed by atoms with van der Waals surface area (Å²) in [4.78, 5) is 64.3. The van der Waals surface area contributed by atoms with Crippen LogP contribution in [0.1, 0.15) is 55.5 Å². The molecule has 1 atom stereocenters. The molecule has 13 nitrogen and oxygen atoms in total. The van der Waals surface area contributed by atoms with Crippen molar-refractivity contribution in [3.05, 3.63) is 59.7 Å². The summed E-state index contributed by atoms with van der Waals surface area (Å²) in [5, 5.41) is 6.13. The first-order valence-electron chi connectivity index (χ1n) is 16.0. The number of halogens is 1. The van der Waals surface area contributed by atoms with Crippen LogP contribution in [0.3, 0.4) is 0 Å². The summed E-state index contributed by atoms with van der Waals surface area (Å²) in [6.07, 6.45) is 2.73. The van der Waals surface area contributed by atoms with Crippen LogP contribution >= 0.6 is 12.4 Å². The van der Waals surface area contributed by atoms with Crippen LogP contribution in [0.4, 0.5) is 0 Å². The number of hydrogen-bond acceptors (Lipinski definition) is 11. The van der Waals surface area contributed by atoms with Gasteiger partial charge in [-0.2, -0.15) is 0 Å². The highest BCUT2D eigenvalue weighted by molar-refractivity contribution is 5.94. The van der Waals surface area contributed by atoms with Crippen molar-refractivity contribution in [1.29, 1.82) is 0 Å². The Labute approximate surface area is 286 Å². The highest BCUT2D eigenvalue weighted by atomic mass is 35.5. The van der Waals surface area contributed by atoms with E-state index >= 15 is 0 Å². The maximum absolute atomic E-state index is 13.7. The predicted molar refractivity (Wildman–Crippen MR) is 176 cm³/mol. The third-order valence-corrected chi connectivity index (χ3v) is 7.80. The standard InChI is InChI=1S/C34H43N3O10.ClH/c1-3-43-32(40)22-45-26-14-18-37(19-15-26)33(41)29(36-31(39)21-44-25-12-16-35-17-13-25)20-24-8-10-27(11-9-24)47-34(42)28-6-4-5-7-30(28)46-23(2)38;/h4-11,25-26,29,35H,3,12-22H2,1-2H3,(H,36,39);1H/t29-;/m0./s1. The molecular weight excluding hydrogens is 646 g/mol. The van der Waals surface area contributed by atoms with Gasteiger partial charge in [-0.1, -0.05) is 24.3 Å². The van der Waals surface area contributed by atoms with Crippen molar-refractivity contribution in [3.8, 4) is 11.5 Å². The monoisotopic (exact) mass is 689 g/mol. The third kappa shape index (κ3) is 12.2. The van der Waals surface area contributed by atoms with Gasteiger partial charge in [-0.15, -0.1) is 12.4 Å². The van der Waals surface area contributed by atoms with E-state index in [9.17, 15) is 24.0 Å². The van der Waals surface area contributed by atoms with Gasteiger partial charge in [-0.3, -0.25) is 14.4 Å². The Kier molecular flexibility index (Phi) is 15.8. The van der Waals surface area contributed by atoms with E-state index in [0.29, 0.717) is 25.9 Å². The number of amides is 2. The van der Waals surface area contributed by atoms with E-state index in [1.54, 1.807) is 48.2 Å².